The summed E-state index contributed by atoms with van der Waals surface area (Å²) in [5.74, 6) is -0.216. The van der Waals surface area contributed by atoms with Gasteiger partial charge in [0, 0.05) is 20.1 Å². The first-order chi connectivity index (χ1) is 8.59. The Balaban J connectivity index is 1.96. The van der Waals surface area contributed by atoms with Crippen LogP contribution < -0.4 is 5.32 Å². The summed E-state index contributed by atoms with van der Waals surface area (Å²) in [7, 11) is 1.79. The molecule has 0 aliphatic heterocycles. The first-order valence-electron chi connectivity index (χ1n) is 6.38. The number of carbonyl (C=O) groups is 2. The minimum atomic E-state index is -0.876. The molecule has 2 N–H and O–H groups in total. The maximum atomic E-state index is 11.6. The normalized spacial score (nSPS) is 14.9. The predicted octanol–water partition coefficient (Wildman–Crippen LogP) is 0.919. The van der Waals surface area contributed by atoms with Gasteiger partial charge in [0.05, 0.1) is 19.6 Å². The second-order valence-electron chi connectivity index (χ2n) is 4.67. The lowest BCUT2D eigenvalue weighted by molar-refractivity contribution is -0.138. The zero-order valence-electron chi connectivity index (χ0n) is 10.9. The van der Waals surface area contributed by atoms with E-state index in [-0.39, 0.29) is 19.1 Å². The van der Waals surface area contributed by atoms with Crippen LogP contribution in [0.4, 0.5) is 4.79 Å². The van der Waals surface area contributed by atoms with Gasteiger partial charge in [-0.1, -0.05) is 6.42 Å². The van der Waals surface area contributed by atoms with E-state index in [1.807, 2.05) is 0 Å². The molecular weight excluding hydrogens is 236 g/mol. The third kappa shape index (κ3) is 5.86. The Morgan fingerprint density at radius 3 is 2.67 bits per heavy atom. The highest BCUT2D eigenvalue weighted by atomic mass is 16.5. The second-order valence-corrected chi connectivity index (χ2v) is 4.67. The minimum absolute atomic E-state index is 0.00444. The van der Waals surface area contributed by atoms with Crippen LogP contribution in [-0.4, -0.2) is 55.4 Å². The van der Waals surface area contributed by atoms with E-state index in [2.05, 4.69) is 5.32 Å². The number of hydrogen-bond donors (Lipinski definition) is 2. The fraction of sp³-hybridized carbons (Fsp3) is 0.833. The van der Waals surface area contributed by atoms with E-state index >= 15 is 0 Å². The summed E-state index contributed by atoms with van der Waals surface area (Å²) in [6.07, 6.45) is 3.71. The standard InChI is InChI=1S/C12H22N2O4/c1-14(9-10-3-2-4-10)12(17)13-6-8-18-7-5-11(15)16/h10H,2-9H2,1H3,(H,13,17)(H,15,16). The van der Waals surface area contributed by atoms with Gasteiger partial charge in [-0.25, -0.2) is 4.79 Å². The lowest BCUT2D eigenvalue weighted by Gasteiger charge is -2.30. The van der Waals surface area contributed by atoms with Gasteiger partial charge in [0.25, 0.3) is 0 Å². The largest absolute Gasteiger partial charge is 0.481 e. The van der Waals surface area contributed by atoms with Gasteiger partial charge < -0.3 is 20.1 Å². The molecule has 1 saturated carbocycles. The monoisotopic (exact) mass is 258 g/mol. The Labute approximate surface area is 107 Å². The van der Waals surface area contributed by atoms with Crippen molar-refractivity contribution < 1.29 is 19.4 Å². The quantitative estimate of drug-likeness (QED) is 0.634. The third-order valence-electron chi connectivity index (χ3n) is 3.09. The molecule has 18 heavy (non-hydrogen) atoms. The number of hydrogen-bond acceptors (Lipinski definition) is 3. The number of carboxylic acids is 1. The number of rotatable bonds is 8. The molecule has 0 radical (unpaired) electrons. The molecule has 0 saturated heterocycles. The van der Waals surface area contributed by atoms with Crippen molar-refractivity contribution in [1.29, 1.82) is 0 Å². The minimum Gasteiger partial charge on any atom is -0.481 e. The SMILES string of the molecule is CN(CC1CCC1)C(=O)NCCOCCC(=O)O. The van der Waals surface area contributed by atoms with Gasteiger partial charge >= 0.3 is 12.0 Å². The van der Waals surface area contributed by atoms with E-state index in [0.29, 0.717) is 19.1 Å². The molecule has 0 unspecified atom stereocenters. The van der Waals surface area contributed by atoms with Crippen LogP contribution in [-0.2, 0) is 9.53 Å². The number of ether oxygens (including phenoxy) is 1. The molecule has 0 aromatic heterocycles. The van der Waals surface area contributed by atoms with Gasteiger partial charge in [0.1, 0.15) is 0 Å². The highest BCUT2D eigenvalue weighted by molar-refractivity contribution is 5.73. The van der Waals surface area contributed by atoms with Crippen molar-refractivity contribution in [2.75, 3.05) is 33.4 Å². The van der Waals surface area contributed by atoms with E-state index in [9.17, 15) is 9.59 Å². The molecule has 0 aromatic carbocycles. The van der Waals surface area contributed by atoms with E-state index in [4.69, 9.17) is 9.84 Å². The maximum Gasteiger partial charge on any atom is 0.317 e. The van der Waals surface area contributed by atoms with Gasteiger partial charge in [-0.3, -0.25) is 4.79 Å². The van der Waals surface area contributed by atoms with Crippen molar-refractivity contribution in [2.45, 2.75) is 25.7 Å². The van der Waals surface area contributed by atoms with Crippen LogP contribution in [0.15, 0.2) is 0 Å². The van der Waals surface area contributed by atoms with Gasteiger partial charge in [-0.2, -0.15) is 0 Å². The Morgan fingerprint density at radius 1 is 1.39 bits per heavy atom. The Bertz CT molecular complexity index is 279. The van der Waals surface area contributed by atoms with Crippen LogP contribution >= 0.6 is 0 Å². The van der Waals surface area contributed by atoms with Gasteiger partial charge in [0.2, 0.25) is 0 Å². The summed E-state index contributed by atoms with van der Waals surface area (Å²) in [5.41, 5.74) is 0. The van der Waals surface area contributed by atoms with Crippen molar-refractivity contribution in [1.82, 2.24) is 10.2 Å². The van der Waals surface area contributed by atoms with Crippen LogP contribution in [0.2, 0.25) is 0 Å². The number of nitrogens with one attached hydrogen (secondary N) is 1. The second kappa shape index (κ2) is 7.92. The summed E-state index contributed by atoms with van der Waals surface area (Å²) in [6.45, 7) is 1.75. The van der Waals surface area contributed by atoms with Crippen LogP contribution in [0.1, 0.15) is 25.7 Å². The van der Waals surface area contributed by atoms with Gasteiger partial charge in [-0.05, 0) is 18.8 Å². The Hall–Kier alpha value is -1.30. The first-order valence-corrected chi connectivity index (χ1v) is 6.38. The van der Waals surface area contributed by atoms with Crippen molar-refractivity contribution in [2.24, 2.45) is 5.92 Å². The molecule has 0 bridgehead atoms. The summed E-state index contributed by atoms with van der Waals surface area (Å²) >= 11 is 0. The molecule has 0 heterocycles. The average Bonchev–Trinajstić information content (AvgIpc) is 2.27. The van der Waals surface area contributed by atoms with E-state index in [0.717, 1.165) is 6.54 Å². The van der Waals surface area contributed by atoms with Crippen LogP contribution in [0, 0.1) is 5.92 Å². The summed E-state index contributed by atoms with van der Waals surface area (Å²) < 4.78 is 5.07. The molecule has 6 heteroatoms. The lowest BCUT2D eigenvalue weighted by atomic mass is 9.85. The molecule has 1 rings (SSSR count). The molecule has 0 atom stereocenters. The predicted molar refractivity (Wildman–Crippen MR) is 66.4 cm³/mol. The molecular formula is C12H22N2O4. The highest BCUT2D eigenvalue weighted by Gasteiger charge is 2.20. The van der Waals surface area contributed by atoms with Gasteiger partial charge in [-0.15, -0.1) is 0 Å². The number of urea groups is 1. The van der Waals surface area contributed by atoms with Crippen LogP contribution in [0.3, 0.4) is 0 Å². The van der Waals surface area contributed by atoms with E-state index < -0.39 is 5.97 Å². The highest BCUT2D eigenvalue weighted by Crippen LogP contribution is 2.26. The fourth-order valence-corrected chi connectivity index (χ4v) is 1.77. The van der Waals surface area contributed by atoms with Crippen LogP contribution in [0.25, 0.3) is 0 Å². The number of amides is 2. The smallest absolute Gasteiger partial charge is 0.317 e. The number of aliphatic carboxylic acids is 1. The summed E-state index contributed by atoms with van der Waals surface area (Å²) in [5, 5.41) is 11.1. The van der Waals surface area contributed by atoms with E-state index in [1.165, 1.54) is 19.3 Å². The van der Waals surface area contributed by atoms with Crippen molar-refractivity contribution in [3.8, 4) is 0 Å². The molecule has 1 fully saturated rings. The maximum absolute atomic E-state index is 11.6. The first kappa shape index (κ1) is 14.8. The van der Waals surface area contributed by atoms with Crippen molar-refractivity contribution in [3.63, 3.8) is 0 Å². The molecule has 6 nitrogen and oxygen atoms in total. The molecule has 1 aliphatic rings. The average molecular weight is 258 g/mol. The molecule has 104 valence electrons. The molecule has 0 spiro atoms. The summed E-state index contributed by atoms with van der Waals surface area (Å²) in [4.78, 5) is 23.5. The van der Waals surface area contributed by atoms with E-state index in [1.54, 1.807) is 11.9 Å². The molecule has 0 aromatic rings. The van der Waals surface area contributed by atoms with Gasteiger partial charge in [0.15, 0.2) is 0 Å². The van der Waals surface area contributed by atoms with Crippen molar-refractivity contribution in [3.05, 3.63) is 0 Å². The fourth-order valence-electron chi connectivity index (χ4n) is 1.77. The molecule has 1 aliphatic carbocycles. The Morgan fingerprint density at radius 2 is 2.11 bits per heavy atom. The van der Waals surface area contributed by atoms with Crippen LogP contribution in [0.5, 0.6) is 0 Å². The summed E-state index contributed by atoms with van der Waals surface area (Å²) in [6, 6.07) is -0.0938. The Kier molecular flexibility index (Phi) is 6.49. The van der Waals surface area contributed by atoms with Crippen molar-refractivity contribution >= 4 is 12.0 Å². The third-order valence-corrected chi connectivity index (χ3v) is 3.09. The number of nitrogens with zero attached hydrogens (tertiary/aromatic N) is 1. The zero-order chi connectivity index (χ0) is 13.4. The topological polar surface area (TPSA) is 78.9 Å². The number of carboxylic acid groups (broad SMARTS) is 1. The lowest BCUT2D eigenvalue weighted by Crippen LogP contribution is -2.42. The number of carbonyl (C=O) groups excluding carboxylic acids is 1. The zero-order valence-corrected chi connectivity index (χ0v) is 10.9. The molecule has 2 amide bonds.